The molecule has 15 aromatic rings. The van der Waals surface area contributed by atoms with Crippen molar-refractivity contribution < 1.29 is 41.7 Å². The lowest BCUT2D eigenvalue weighted by atomic mass is 9.93. The largest absolute Gasteiger partial charge is 0.483 e. The van der Waals surface area contributed by atoms with Crippen LogP contribution in [0.25, 0.3) is 64.6 Å². The summed E-state index contributed by atoms with van der Waals surface area (Å²) in [5.41, 5.74) is 5.76. The number of fused-ring (bicyclic) bond motifs is 24. The molecule has 6 bridgehead atoms. The minimum absolute atomic E-state index is 0.0114. The van der Waals surface area contributed by atoms with Gasteiger partial charge in [-0.15, -0.1) is 30.6 Å². The van der Waals surface area contributed by atoms with E-state index < -0.39 is 0 Å². The molecule has 0 spiro atoms. The van der Waals surface area contributed by atoms with Crippen LogP contribution in [0.5, 0.6) is 34.5 Å². The van der Waals surface area contributed by atoms with Gasteiger partial charge in [-0.1, -0.05) is 182 Å². The average molecular weight is 1180 g/mol. The van der Waals surface area contributed by atoms with E-state index in [9.17, 15) is 0 Å². The van der Waals surface area contributed by atoms with Crippen molar-refractivity contribution in [2.75, 3.05) is 0 Å². The van der Waals surface area contributed by atoms with E-state index in [4.69, 9.17) is 41.7 Å². The molecule has 0 saturated heterocycles. The van der Waals surface area contributed by atoms with Crippen molar-refractivity contribution in [3.05, 3.63) is 287 Å². The third-order valence-corrected chi connectivity index (χ3v) is 16.7. The number of hydrogen-bond acceptors (Lipinski definition) is 15. The molecule has 15 nitrogen and oxygen atoms in total. The number of nitrogens with zero attached hydrogens (tertiary/aromatic N) is 6. The highest BCUT2D eigenvalue weighted by Gasteiger charge is 2.23. The fraction of sp³-hybridized carbons (Fsp3) is 0.120. The number of aromatic nitrogens is 6. The fourth-order valence-electron chi connectivity index (χ4n) is 12.4. The van der Waals surface area contributed by atoms with Gasteiger partial charge in [0.1, 0.15) is 34.5 Å². The molecule has 90 heavy (non-hydrogen) atoms. The quantitative estimate of drug-likeness (QED) is 0.140. The molecule has 0 fully saturated rings. The maximum absolute atomic E-state index is 6.68. The van der Waals surface area contributed by atoms with Gasteiger partial charge in [-0.25, -0.2) is 0 Å². The summed E-state index contributed by atoms with van der Waals surface area (Å²) in [7, 11) is 0. The van der Waals surface area contributed by atoms with Crippen LogP contribution in [0.15, 0.2) is 232 Å². The van der Waals surface area contributed by atoms with Crippen molar-refractivity contribution in [2.45, 2.75) is 58.9 Å². The van der Waals surface area contributed by atoms with Crippen molar-refractivity contribution in [3.8, 4) is 34.5 Å². The van der Waals surface area contributed by atoms with E-state index in [0.717, 1.165) is 98.0 Å². The van der Waals surface area contributed by atoms with Crippen LogP contribution >= 0.6 is 0 Å². The zero-order valence-electron chi connectivity index (χ0n) is 48.5. The van der Waals surface area contributed by atoms with Gasteiger partial charge in [0.2, 0.25) is 0 Å². The van der Waals surface area contributed by atoms with Gasteiger partial charge in [0.05, 0.1) is 0 Å². The Bertz CT molecular complexity index is 4370. The minimum atomic E-state index is 0.0114. The molecule has 0 saturated carbocycles. The molecule has 0 atom stereocenters. The molecule has 0 aliphatic carbocycles. The van der Waals surface area contributed by atoms with E-state index in [0.29, 0.717) is 89.1 Å². The zero-order chi connectivity index (χ0) is 59.7. The smallest absolute Gasteiger partial charge is 0.254 e. The van der Waals surface area contributed by atoms with Gasteiger partial charge in [-0.2, -0.15) is 0 Å². The SMILES string of the molecule is c1ccc2c3c(ccc2c1)OCc1nnc(o1)COc1ccc2ccccc2c1Cc1c(ccc2ccccc12)OCc1nnc(o1)COc1ccc2ccccc2c1Cc1c(ccc2ccccc12)OCc1nnc(o1)COc1ccc2ccccc2c1C3. The van der Waals surface area contributed by atoms with Crippen molar-refractivity contribution in [3.63, 3.8) is 0 Å². The molecular formula is C75H54N6O9. The molecule has 0 N–H and O–H groups in total. The maximum Gasteiger partial charge on any atom is 0.254 e. The van der Waals surface area contributed by atoms with E-state index in [1.54, 1.807) is 0 Å². The van der Waals surface area contributed by atoms with Gasteiger partial charge in [-0.05, 0) is 101 Å². The number of benzene rings is 12. The predicted molar refractivity (Wildman–Crippen MR) is 341 cm³/mol. The van der Waals surface area contributed by atoms with Gasteiger partial charge in [0, 0.05) is 52.6 Å². The Morgan fingerprint density at radius 1 is 0.189 bits per heavy atom. The van der Waals surface area contributed by atoms with E-state index in [2.05, 4.69) is 140 Å². The Kier molecular flexibility index (Phi) is 14.1. The summed E-state index contributed by atoms with van der Waals surface area (Å²) in [4.78, 5) is 0. The second-order valence-electron chi connectivity index (χ2n) is 22.1. The van der Waals surface area contributed by atoms with Crippen LogP contribution < -0.4 is 28.4 Å². The first-order valence-corrected chi connectivity index (χ1v) is 29.8. The Morgan fingerprint density at radius 2 is 0.356 bits per heavy atom. The second-order valence-corrected chi connectivity index (χ2v) is 22.1. The van der Waals surface area contributed by atoms with Crippen LogP contribution in [0.1, 0.15) is 68.7 Å². The molecule has 0 amide bonds. The van der Waals surface area contributed by atoms with Crippen molar-refractivity contribution in [2.24, 2.45) is 0 Å². The third-order valence-electron chi connectivity index (χ3n) is 16.7. The van der Waals surface area contributed by atoms with Crippen molar-refractivity contribution in [1.82, 2.24) is 30.6 Å². The number of hydrogen-bond donors (Lipinski definition) is 0. The first-order valence-electron chi connectivity index (χ1n) is 29.8. The average Bonchev–Trinajstić information content (AvgIpc) is 1.15. The van der Waals surface area contributed by atoms with Gasteiger partial charge in [0.25, 0.3) is 35.3 Å². The summed E-state index contributed by atoms with van der Waals surface area (Å²) in [5.74, 6) is 5.73. The molecule has 438 valence electrons. The van der Waals surface area contributed by atoms with E-state index in [1.165, 1.54) is 0 Å². The lowest BCUT2D eigenvalue weighted by Gasteiger charge is -2.18. The highest BCUT2D eigenvalue weighted by molar-refractivity contribution is 5.95. The summed E-state index contributed by atoms with van der Waals surface area (Å²) in [6, 6.07) is 74.1. The van der Waals surface area contributed by atoms with Crippen LogP contribution in [0, 0.1) is 0 Å². The Hall–Kier alpha value is -11.6. The molecular weight excluding hydrogens is 1130 g/mol. The van der Waals surface area contributed by atoms with E-state index >= 15 is 0 Å². The van der Waals surface area contributed by atoms with Gasteiger partial charge < -0.3 is 41.7 Å². The van der Waals surface area contributed by atoms with E-state index in [1.807, 2.05) is 109 Å². The van der Waals surface area contributed by atoms with Gasteiger partial charge in [0.15, 0.2) is 39.6 Å². The monoisotopic (exact) mass is 1180 g/mol. The molecule has 16 rings (SSSR count). The molecule has 0 radical (unpaired) electrons. The molecule has 15 heteroatoms. The molecule has 4 heterocycles. The third kappa shape index (κ3) is 10.7. The highest BCUT2D eigenvalue weighted by Crippen LogP contribution is 2.41. The second kappa shape index (κ2) is 23.6. The topological polar surface area (TPSA) is 172 Å². The summed E-state index contributed by atoms with van der Waals surface area (Å²) in [6.07, 6.45) is 1.37. The fourth-order valence-corrected chi connectivity index (χ4v) is 12.4. The molecule has 3 aromatic heterocycles. The normalized spacial score (nSPS) is 13.5. The first-order chi connectivity index (χ1) is 44.5. The molecule has 1 aliphatic rings. The first kappa shape index (κ1) is 53.9. The minimum Gasteiger partial charge on any atom is -0.483 e. The number of ether oxygens (including phenoxy) is 6. The van der Waals surface area contributed by atoms with Gasteiger partial charge in [-0.3, -0.25) is 0 Å². The van der Waals surface area contributed by atoms with Gasteiger partial charge >= 0.3 is 0 Å². The Labute approximate surface area is 515 Å². The summed E-state index contributed by atoms with van der Waals surface area (Å²) >= 11 is 0. The number of rotatable bonds is 0. The van der Waals surface area contributed by atoms with Crippen molar-refractivity contribution in [1.29, 1.82) is 0 Å². The standard InChI is InChI=1S/C75H54N6O9/c1-7-19-52-46(13-1)25-31-64-58(52)37-59-53-20-8-2-14-47(53)26-32-65(59)83-41-71-78-79-73(89-71)43-85-67-34-28-49-16-5-11-23-56(49)62(67)39-63-57-24-12-6-18-51(57)30-36-69(63)87-45-75-81-80-74(90-75)44-86-68-35-29-50-17-4-10-22-55(50)61(68)38-60-54-21-9-3-15-48(54)27-33-66(60)84-42-72-77-76-70(88-72)40-82-64/h1-36H,37-45H2. The lowest BCUT2D eigenvalue weighted by Crippen LogP contribution is -2.04. The van der Waals surface area contributed by atoms with Crippen LogP contribution in [0.4, 0.5) is 0 Å². The molecule has 1 aliphatic heterocycles. The Balaban J connectivity index is 0.771. The maximum atomic E-state index is 6.68. The summed E-state index contributed by atoms with van der Waals surface area (Å²) < 4.78 is 58.9. The van der Waals surface area contributed by atoms with Crippen LogP contribution in [-0.2, 0) is 58.9 Å². The zero-order valence-corrected chi connectivity index (χ0v) is 48.5. The lowest BCUT2D eigenvalue weighted by molar-refractivity contribution is 0.228. The van der Waals surface area contributed by atoms with Crippen LogP contribution in [0.2, 0.25) is 0 Å². The Morgan fingerprint density at radius 3 is 0.533 bits per heavy atom. The predicted octanol–water partition coefficient (Wildman–Crippen LogP) is 16.3. The highest BCUT2D eigenvalue weighted by atomic mass is 16.5. The molecule has 12 aromatic carbocycles. The van der Waals surface area contributed by atoms with Crippen LogP contribution in [0.3, 0.4) is 0 Å². The van der Waals surface area contributed by atoms with Crippen LogP contribution in [-0.4, -0.2) is 30.6 Å². The van der Waals surface area contributed by atoms with Crippen molar-refractivity contribution >= 4 is 64.6 Å². The van der Waals surface area contributed by atoms with E-state index in [-0.39, 0.29) is 39.6 Å². The summed E-state index contributed by atoms with van der Waals surface area (Å²) in [6.45, 7) is 0.0686. The summed E-state index contributed by atoms with van der Waals surface area (Å²) in [5, 5.41) is 39.1. The molecule has 0 unspecified atom stereocenters.